The smallest absolute Gasteiger partial charge is 0.274 e. The van der Waals surface area contributed by atoms with Gasteiger partial charge in [-0.2, -0.15) is 5.10 Å². The molecule has 0 spiro atoms. The van der Waals surface area contributed by atoms with Gasteiger partial charge in [-0.25, -0.2) is 13.5 Å². The number of amides is 1. The van der Waals surface area contributed by atoms with E-state index >= 15 is 0 Å². The molecule has 3 aromatic rings. The van der Waals surface area contributed by atoms with Crippen LogP contribution in [0.4, 0.5) is 14.5 Å². The lowest BCUT2D eigenvalue weighted by atomic mass is 10.2. The highest BCUT2D eigenvalue weighted by Crippen LogP contribution is 2.18. The van der Waals surface area contributed by atoms with Crippen molar-refractivity contribution in [3.05, 3.63) is 77.6 Å². The maximum absolute atomic E-state index is 13.7. The number of hydrogen-bond acceptors (Lipinski definition) is 2. The Hall–Kier alpha value is -3.02. The molecule has 0 aliphatic heterocycles. The van der Waals surface area contributed by atoms with Crippen LogP contribution in [0.3, 0.4) is 0 Å². The molecule has 0 fully saturated rings. The molecule has 0 aliphatic rings. The van der Waals surface area contributed by atoms with Crippen molar-refractivity contribution in [2.75, 3.05) is 5.32 Å². The minimum Gasteiger partial charge on any atom is -0.318 e. The number of carbonyl (C=O) groups is 1. The minimum absolute atomic E-state index is 0.0881. The molecule has 0 aliphatic carbocycles. The summed E-state index contributed by atoms with van der Waals surface area (Å²) in [7, 11) is 0. The fourth-order valence-corrected chi connectivity index (χ4v) is 2.20. The van der Waals surface area contributed by atoms with E-state index in [9.17, 15) is 13.6 Å². The molecule has 0 atom stereocenters. The average molecular weight is 313 g/mol. The molecule has 4 nitrogen and oxygen atoms in total. The van der Waals surface area contributed by atoms with Crippen LogP contribution in [0.25, 0.3) is 5.69 Å². The van der Waals surface area contributed by atoms with Crippen LogP contribution in [0.5, 0.6) is 0 Å². The molecule has 0 bridgehead atoms. The van der Waals surface area contributed by atoms with Crippen molar-refractivity contribution >= 4 is 11.6 Å². The van der Waals surface area contributed by atoms with Crippen molar-refractivity contribution in [3.8, 4) is 5.69 Å². The van der Waals surface area contributed by atoms with E-state index in [1.807, 2.05) is 30.3 Å². The predicted molar refractivity (Wildman–Crippen MR) is 82.6 cm³/mol. The Labute approximate surface area is 131 Å². The van der Waals surface area contributed by atoms with E-state index < -0.39 is 17.5 Å². The van der Waals surface area contributed by atoms with Crippen LogP contribution in [0.1, 0.15) is 16.2 Å². The summed E-state index contributed by atoms with van der Waals surface area (Å²) in [6, 6.07) is 13.7. The zero-order valence-corrected chi connectivity index (χ0v) is 12.3. The Morgan fingerprint density at radius 2 is 1.83 bits per heavy atom. The van der Waals surface area contributed by atoms with Crippen molar-refractivity contribution in [2.24, 2.45) is 0 Å². The number of aryl methyl sites for hydroxylation is 1. The quantitative estimate of drug-likeness (QED) is 0.801. The highest BCUT2D eigenvalue weighted by atomic mass is 19.1. The Bertz CT molecular complexity index is 860. The van der Waals surface area contributed by atoms with E-state index in [4.69, 9.17) is 0 Å². The van der Waals surface area contributed by atoms with E-state index in [0.29, 0.717) is 11.4 Å². The number of hydrogen-bond donors (Lipinski definition) is 1. The van der Waals surface area contributed by atoms with Crippen molar-refractivity contribution in [3.63, 3.8) is 0 Å². The molecule has 1 N–H and O–H groups in total. The molecule has 2 aromatic carbocycles. The van der Waals surface area contributed by atoms with Gasteiger partial charge in [-0.15, -0.1) is 0 Å². The number of halogens is 2. The first kappa shape index (κ1) is 14.9. The second-order valence-electron chi connectivity index (χ2n) is 5.00. The summed E-state index contributed by atoms with van der Waals surface area (Å²) in [6.45, 7) is 1.76. The standard InChI is InChI=1S/C17H13F2N3O/c1-11-9-16(22(21-11)13-5-3-2-4-6-13)17(23)20-15-8-7-12(18)10-14(15)19/h2-10H,1H3,(H,20,23). The fourth-order valence-electron chi connectivity index (χ4n) is 2.20. The van der Waals surface area contributed by atoms with Crippen LogP contribution in [-0.2, 0) is 0 Å². The molecule has 1 aromatic heterocycles. The molecule has 6 heteroatoms. The van der Waals surface area contributed by atoms with Crippen molar-refractivity contribution in [1.29, 1.82) is 0 Å². The number of carbonyl (C=O) groups excluding carboxylic acids is 1. The second-order valence-corrected chi connectivity index (χ2v) is 5.00. The molecule has 0 saturated heterocycles. The number of rotatable bonds is 3. The van der Waals surface area contributed by atoms with E-state index in [-0.39, 0.29) is 11.4 Å². The van der Waals surface area contributed by atoms with Gasteiger partial charge < -0.3 is 5.32 Å². The minimum atomic E-state index is -0.833. The Kier molecular flexibility index (Phi) is 3.89. The van der Waals surface area contributed by atoms with Gasteiger partial charge in [0.1, 0.15) is 17.3 Å². The van der Waals surface area contributed by atoms with E-state index in [2.05, 4.69) is 10.4 Å². The number of anilines is 1. The predicted octanol–water partition coefficient (Wildman–Crippen LogP) is 3.71. The van der Waals surface area contributed by atoms with Gasteiger partial charge in [0, 0.05) is 6.07 Å². The van der Waals surface area contributed by atoms with Crippen molar-refractivity contribution < 1.29 is 13.6 Å². The summed E-state index contributed by atoms with van der Waals surface area (Å²) in [6.07, 6.45) is 0. The number of nitrogens with one attached hydrogen (secondary N) is 1. The molecule has 0 saturated carbocycles. The van der Waals surface area contributed by atoms with E-state index in [1.165, 1.54) is 10.7 Å². The maximum Gasteiger partial charge on any atom is 0.274 e. The lowest BCUT2D eigenvalue weighted by Crippen LogP contribution is -2.17. The van der Waals surface area contributed by atoms with Gasteiger partial charge in [0.2, 0.25) is 0 Å². The van der Waals surface area contributed by atoms with Gasteiger partial charge >= 0.3 is 0 Å². The van der Waals surface area contributed by atoms with Gasteiger partial charge in [0.25, 0.3) is 5.91 Å². The normalized spacial score (nSPS) is 10.6. The molecule has 116 valence electrons. The number of benzene rings is 2. The lowest BCUT2D eigenvalue weighted by Gasteiger charge is -2.09. The van der Waals surface area contributed by atoms with Crippen molar-refractivity contribution in [2.45, 2.75) is 6.92 Å². The SMILES string of the molecule is Cc1cc(C(=O)Nc2ccc(F)cc2F)n(-c2ccccc2)n1. The Balaban J connectivity index is 1.94. The van der Waals surface area contributed by atoms with Gasteiger partial charge in [-0.3, -0.25) is 4.79 Å². The zero-order valence-electron chi connectivity index (χ0n) is 12.3. The maximum atomic E-state index is 13.7. The molecule has 1 amide bonds. The Morgan fingerprint density at radius 3 is 2.52 bits per heavy atom. The molecule has 3 rings (SSSR count). The second kappa shape index (κ2) is 6.00. The van der Waals surface area contributed by atoms with Crippen LogP contribution >= 0.6 is 0 Å². The lowest BCUT2D eigenvalue weighted by molar-refractivity contribution is 0.101. The number of nitrogens with zero attached hydrogens (tertiary/aromatic N) is 2. The van der Waals surface area contributed by atoms with Crippen LogP contribution in [-0.4, -0.2) is 15.7 Å². The fraction of sp³-hybridized carbons (Fsp3) is 0.0588. The first-order chi connectivity index (χ1) is 11.0. The molecule has 0 radical (unpaired) electrons. The summed E-state index contributed by atoms with van der Waals surface area (Å²) >= 11 is 0. The first-order valence-electron chi connectivity index (χ1n) is 6.93. The van der Waals surface area contributed by atoms with Gasteiger partial charge in [0.15, 0.2) is 0 Å². The third-order valence-corrected chi connectivity index (χ3v) is 3.24. The summed E-state index contributed by atoms with van der Waals surface area (Å²) in [5.74, 6) is -2.06. The summed E-state index contributed by atoms with van der Waals surface area (Å²) < 4.78 is 28.1. The number of para-hydroxylation sites is 1. The van der Waals surface area contributed by atoms with Gasteiger partial charge in [0.05, 0.1) is 17.1 Å². The monoisotopic (exact) mass is 313 g/mol. The summed E-state index contributed by atoms with van der Waals surface area (Å²) in [5, 5.41) is 6.72. The van der Waals surface area contributed by atoms with E-state index in [1.54, 1.807) is 13.0 Å². The third kappa shape index (κ3) is 3.11. The molecule has 1 heterocycles. The largest absolute Gasteiger partial charge is 0.318 e. The van der Waals surface area contributed by atoms with Crippen LogP contribution in [0, 0.1) is 18.6 Å². The highest BCUT2D eigenvalue weighted by Gasteiger charge is 2.17. The zero-order chi connectivity index (χ0) is 16.4. The summed E-state index contributed by atoms with van der Waals surface area (Å²) in [4.78, 5) is 12.4. The molecule has 23 heavy (non-hydrogen) atoms. The van der Waals surface area contributed by atoms with Crippen LogP contribution < -0.4 is 5.32 Å². The highest BCUT2D eigenvalue weighted by molar-refractivity contribution is 6.03. The molecular formula is C17H13F2N3O. The Morgan fingerprint density at radius 1 is 1.09 bits per heavy atom. The first-order valence-corrected chi connectivity index (χ1v) is 6.93. The van der Waals surface area contributed by atoms with Crippen molar-refractivity contribution in [1.82, 2.24) is 9.78 Å². The molecular weight excluding hydrogens is 300 g/mol. The van der Waals surface area contributed by atoms with Gasteiger partial charge in [-0.1, -0.05) is 18.2 Å². The third-order valence-electron chi connectivity index (χ3n) is 3.24. The van der Waals surface area contributed by atoms with Crippen LogP contribution in [0.15, 0.2) is 54.6 Å². The number of aromatic nitrogens is 2. The van der Waals surface area contributed by atoms with Crippen LogP contribution in [0.2, 0.25) is 0 Å². The average Bonchev–Trinajstić information content (AvgIpc) is 2.93. The summed E-state index contributed by atoms with van der Waals surface area (Å²) in [5.41, 5.74) is 1.54. The van der Waals surface area contributed by atoms with E-state index in [0.717, 1.165) is 12.1 Å². The topological polar surface area (TPSA) is 46.9 Å². The van der Waals surface area contributed by atoms with Gasteiger partial charge in [-0.05, 0) is 37.3 Å². The molecule has 0 unspecified atom stereocenters.